The Morgan fingerprint density at radius 2 is 2.23 bits per heavy atom. The second kappa shape index (κ2) is 3.34. The van der Waals surface area contributed by atoms with Crippen molar-refractivity contribution in [1.82, 2.24) is 9.97 Å². The maximum Gasteiger partial charge on any atom is 0.222 e. The highest BCUT2D eigenvalue weighted by Crippen LogP contribution is 2.10. The Morgan fingerprint density at radius 3 is 3.00 bits per heavy atom. The molecule has 0 saturated heterocycles. The monoisotopic (exact) mass is 189 g/mol. The molecule has 0 fully saturated rings. The fourth-order valence-corrected chi connectivity index (χ4v) is 1.35. The van der Waals surface area contributed by atoms with Crippen molar-refractivity contribution in [2.75, 3.05) is 0 Å². The minimum atomic E-state index is 0.292. The Hall–Kier alpha value is -1.09. The molecule has 0 unspecified atom stereocenters. The number of rotatable bonds is 1. The van der Waals surface area contributed by atoms with Crippen LogP contribution in [0.2, 0.25) is 12.1 Å². The molecule has 0 spiro atoms. The Morgan fingerprint density at radius 1 is 1.38 bits per heavy atom. The Balaban J connectivity index is 2.66. The zero-order chi connectivity index (χ0) is 9.26. The second-order valence-corrected chi connectivity index (χ2v) is 3.08. The molecule has 63 valence electrons. The fourth-order valence-electron chi connectivity index (χ4n) is 1.21. The molecule has 2 nitrogen and oxygen atoms in total. The summed E-state index contributed by atoms with van der Waals surface area (Å²) in [6, 6.07) is 5.98. The molecule has 4 heteroatoms. The number of halogens is 1. The van der Waals surface area contributed by atoms with Gasteiger partial charge in [0.25, 0.3) is 0 Å². The second-order valence-electron chi connectivity index (χ2n) is 2.75. The maximum atomic E-state index is 5.66. The predicted molar refractivity (Wildman–Crippen MR) is 55.8 cm³/mol. The van der Waals surface area contributed by atoms with Gasteiger partial charge in [0.05, 0.1) is 5.52 Å². The number of hydrogen-bond acceptors (Lipinski definition) is 2. The zero-order valence-electron chi connectivity index (χ0n) is 7.16. The van der Waals surface area contributed by atoms with Crippen LogP contribution in [0.5, 0.6) is 0 Å². The smallest absolute Gasteiger partial charge is 0.222 e. The first kappa shape index (κ1) is 8.51. The Labute approximate surface area is 82.2 Å². The summed E-state index contributed by atoms with van der Waals surface area (Å²) in [6.45, 7) is 2.00. The molecule has 0 aliphatic rings. The Bertz CT molecular complexity index is 445. The molecule has 13 heavy (non-hydrogen) atoms. The summed E-state index contributed by atoms with van der Waals surface area (Å²) in [6.07, 6.45) is 1.73. The number of fused-ring (bicyclic) bond motifs is 1. The van der Waals surface area contributed by atoms with Gasteiger partial charge in [-0.2, -0.15) is 0 Å². The highest BCUT2D eigenvalue weighted by molar-refractivity contribution is 6.52. The summed E-state index contributed by atoms with van der Waals surface area (Å²) >= 11 is 5.66. The normalized spacial score (nSPS) is 10.3. The van der Waals surface area contributed by atoms with Gasteiger partial charge in [-0.05, 0) is 17.7 Å². The topological polar surface area (TPSA) is 25.8 Å². The summed E-state index contributed by atoms with van der Waals surface area (Å²) in [5, 5.41) is 1.31. The molecule has 1 aromatic carbocycles. The molecule has 0 aliphatic heterocycles. The number of nitrogens with zero attached hydrogens (tertiary/aromatic N) is 2. The highest BCUT2D eigenvalue weighted by atomic mass is 35.5. The lowest BCUT2D eigenvalue weighted by atomic mass is 9.73. The number of aromatic nitrogens is 2. The SMILES string of the molecule is C[B]c1ccc2nc(Cl)ncc2c1. The van der Waals surface area contributed by atoms with Crippen LogP contribution in [0, 0.1) is 0 Å². The van der Waals surface area contributed by atoms with Crippen LogP contribution in [-0.2, 0) is 0 Å². The molecule has 0 N–H and O–H groups in total. The molecule has 2 aromatic rings. The predicted octanol–water partition coefficient (Wildman–Crippen LogP) is 1.66. The van der Waals surface area contributed by atoms with E-state index in [1.165, 1.54) is 5.46 Å². The largest absolute Gasteiger partial charge is 0.226 e. The van der Waals surface area contributed by atoms with Gasteiger partial charge in [-0.3, -0.25) is 0 Å². The van der Waals surface area contributed by atoms with Gasteiger partial charge in [0.1, 0.15) is 7.28 Å². The summed E-state index contributed by atoms with van der Waals surface area (Å²) in [5.74, 6) is 0. The molecule has 1 radical (unpaired) electrons. The van der Waals surface area contributed by atoms with Crippen molar-refractivity contribution in [2.45, 2.75) is 6.82 Å². The molecule has 0 amide bonds. The Kier molecular flexibility index (Phi) is 2.19. The maximum absolute atomic E-state index is 5.66. The van der Waals surface area contributed by atoms with E-state index >= 15 is 0 Å². The van der Waals surface area contributed by atoms with Gasteiger partial charge in [-0.15, -0.1) is 0 Å². The third kappa shape index (κ3) is 1.65. The van der Waals surface area contributed by atoms with Crippen molar-refractivity contribution in [3.05, 3.63) is 29.7 Å². The van der Waals surface area contributed by atoms with Crippen LogP contribution in [-0.4, -0.2) is 17.2 Å². The summed E-state index contributed by atoms with van der Waals surface area (Å²) < 4.78 is 0. The van der Waals surface area contributed by atoms with E-state index in [0.29, 0.717) is 5.28 Å². The molecule has 2 rings (SSSR count). The molecule has 0 saturated carbocycles. The van der Waals surface area contributed by atoms with Gasteiger partial charge in [-0.25, -0.2) is 9.97 Å². The first-order valence-corrected chi connectivity index (χ1v) is 4.39. The summed E-state index contributed by atoms with van der Waals surface area (Å²) in [4.78, 5) is 8.01. The van der Waals surface area contributed by atoms with E-state index in [-0.39, 0.29) is 0 Å². The summed E-state index contributed by atoms with van der Waals surface area (Å²) in [5.41, 5.74) is 2.05. The van der Waals surface area contributed by atoms with E-state index in [4.69, 9.17) is 11.6 Å². The first-order chi connectivity index (χ1) is 6.29. The third-order valence-corrected chi connectivity index (χ3v) is 2.09. The quantitative estimate of drug-likeness (QED) is 0.504. The summed E-state index contributed by atoms with van der Waals surface area (Å²) in [7, 11) is 2.04. The van der Waals surface area contributed by atoms with Crippen LogP contribution in [0.25, 0.3) is 10.9 Å². The van der Waals surface area contributed by atoms with E-state index in [1.54, 1.807) is 6.20 Å². The van der Waals surface area contributed by atoms with Crippen LogP contribution in [0.1, 0.15) is 0 Å². The molecule has 1 heterocycles. The third-order valence-electron chi connectivity index (χ3n) is 1.91. The number of hydrogen-bond donors (Lipinski definition) is 0. The molecular formula is C9H7BClN2. The van der Waals surface area contributed by atoms with E-state index in [1.807, 2.05) is 32.3 Å². The van der Waals surface area contributed by atoms with Crippen LogP contribution in [0.15, 0.2) is 24.4 Å². The minimum absolute atomic E-state index is 0.292. The van der Waals surface area contributed by atoms with Crippen LogP contribution in [0.4, 0.5) is 0 Å². The zero-order valence-corrected chi connectivity index (χ0v) is 7.92. The first-order valence-electron chi connectivity index (χ1n) is 4.01. The molecule has 0 aliphatic carbocycles. The van der Waals surface area contributed by atoms with Gasteiger partial charge in [0.15, 0.2) is 0 Å². The van der Waals surface area contributed by atoms with Crippen molar-refractivity contribution in [3.63, 3.8) is 0 Å². The van der Waals surface area contributed by atoms with Crippen LogP contribution >= 0.6 is 11.6 Å². The van der Waals surface area contributed by atoms with Crippen LogP contribution < -0.4 is 5.46 Å². The van der Waals surface area contributed by atoms with Crippen molar-refractivity contribution in [2.24, 2.45) is 0 Å². The lowest BCUT2D eigenvalue weighted by Crippen LogP contribution is -2.09. The lowest BCUT2D eigenvalue weighted by molar-refractivity contribution is 1.22. The average Bonchev–Trinajstić information content (AvgIpc) is 2.17. The van der Waals surface area contributed by atoms with Crippen molar-refractivity contribution >= 4 is 35.2 Å². The van der Waals surface area contributed by atoms with Crippen molar-refractivity contribution in [1.29, 1.82) is 0 Å². The van der Waals surface area contributed by atoms with Gasteiger partial charge < -0.3 is 0 Å². The minimum Gasteiger partial charge on any atom is -0.226 e. The van der Waals surface area contributed by atoms with E-state index in [0.717, 1.165) is 10.9 Å². The highest BCUT2D eigenvalue weighted by Gasteiger charge is 1.98. The molecule has 1 aromatic heterocycles. The lowest BCUT2D eigenvalue weighted by Gasteiger charge is -1.99. The molecule has 0 atom stereocenters. The standard InChI is InChI=1S/C9H7BClN2/c1-10-7-2-3-8-6(4-7)5-12-9(11)13-8/h2-5H,1H3. The van der Waals surface area contributed by atoms with Crippen molar-refractivity contribution < 1.29 is 0 Å². The van der Waals surface area contributed by atoms with E-state index in [9.17, 15) is 0 Å². The number of benzene rings is 1. The van der Waals surface area contributed by atoms with Gasteiger partial charge >= 0.3 is 0 Å². The van der Waals surface area contributed by atoms with Crippen LogP contribution in [0.3, 0.4) is 0 Å². The molecule has 0 bridgehead atoms. The molecular weight excluding hydrogens is 182 g/mol. The van der Waals surface area contributed by atoms with Gasteiger partial charge in [0.2, 0.25) is 5.28 Å². The van der Waals surface area contributed by atoms with E-state index in [2.05, 4.69) is 9.97 Å². The van der Waals surface area contributed by atoms with Gasteiger partial charge in [-0.1, -0.05) is 24.4 Å². The van der Waals surface area contributed by atoms with Crippen molar-refractivity contribution in [3.8, 4) is 0 Å². The van der Waals surface area contributed by atoms with E-state index < -0.39 is 0 Å². The van der Waals surface area contributed by atoms with Gasteiger partial charge in [0, 0.05) is 11.6 Å². The average molecular weight is 189 g/mol. The fraction of sp³-hybridized carbons (Fsp3) is 0.111.